The molecule has 0 aliphatic carbocycles. The number of unbranched alkanes of at least 4 members (excludes halogenated alkanes) is 4. The standard InChI is InChI=1S/C33H52O2/c1-9-13-15-17-32(5,6)28-21-24(11-3)19-26(30(28)34)23-27-20-25(12-4)22-29(31(27)35)33(7,8)18-16-14-10-2/h19-22,34-35H,9-18,23H2,1-8H3. The van der Waals surface area contributed by atoms with Crippen LogP contribution in [0.1, 0.15) is 140 Å². The molecule has 2 aromatic rings. The topological polar surface area (TPSA) is 40.5 Å². The number of phenols is 2. The maximum absolute atomic E-state index is 11.5. The molecule has 0 saturated carbocycles. The van der Waals surface area contributed by atoms with Crippen LogP contribution in [0.25, 0.3) is 0 Å². The van der Waals surface area contributed by atoms with Crippen LogP contribution in [-0.2, 0) is 30.1 Å². The highest BCUT2D eigenvalue weighted by Gasteiger charge is 2.28. The number of hydrogen-bond donors (Lipinski definition) is 2. The SMILES string of the molecule is CCCCCC(C)(C)c1cc(CC)cc(Cc2cc(CC)cc(C(C)(C)CCCCC)c2O)c1O. The first kappa shape index (κ1) is 29.3. The largest absolute Gasteiger partial charge is 0.507 e. The lowest BCUT2D eigenvalue weighted by Gasteiger charge is -2.29. The molecule has 0 unspecified atom stereocenters. The van der Waals surface area contributed by atoms with E-state index in [0.29, 0.717) is 17.9 Å². The predicted octanol–water partition coefficient (Wildman–Crippen LogP) is 9.53. The van der Waals surface area contributed by atoms with Crippen LogP contribution in [0.5, 0.6) is 11.5 Å². The van der Waals surface area contributed by atoms with E-state index in [2.05, 4.69) is 79.7 Å². The van der Waals surface area contributed by atoms with Crippen molar-refractivity contribution in [2.45, 2.75) is 137 Å². The van der Waals surface area contributed by atoms with Crippen LogP contribution < -0.4 is 0 Å². The van der Waals surface area contributed by atoms with Crippen LogP contribution in [0.4, 0.5) is 0 Å². The van der Waals surface area contributed by atoms with Gasteiger partial charge in [-0.05, 0) is 58.8 Å². The molecule has 0 aliphatic rings. The van der Waals surface area contributed by atoms with Gasteiger partial charge in [0.15, 0.2) is 0 Å². The van der Waals surface area contributed by atoms with E-state index in [0.717, 1.165) is 47.9 Å². The van der Waals surface area contributed by atoms with E-state index in [-0.39, 0.29) is 10.8 Å². The van der Waals surface area contributed by atoms with Crippen molar-refractivity contribution < 1.29 is 10.2 Å². The molecule has 0 atom stereocenters. The maximum Gasteiger partial charge on any atom is 0.122 e. The van der Waals surface area contributed by atoms with Gasteiger partial charge in [0.05, 0.1) is 0 Å². The van der Waals surface area contributed by atoms with Crippen LogP contribution in [0, 0.1) is 0 Å². The van der Waals surface area contributed by atoms with Crippen molar-refractivity contribution in [3.05, 3.63) is 57.6 Å². The second-order valence-electron chi connectivity index (χ2n) is 11.9. The Morgan fingerprint density at radius 2 is 0.943 bits per heavy atom. The van der Waals surface area contributed by atoms with Gasteiger partial charge >= 0.3 is 0 Å². The molecule has 2 nitrogen and oxygen atoms in total. The van der Waals surface area contributed by atoms with Crippen LogP contribution in [0.15, 0.2) is 24.3 Å². The third kappa shape index (κ3) is 7.51. The van der Waals surface area contributed by atoms with Gasteiger partial charge in [-0.1, -0.05) is 118 Å². The molecule has 0 spiro atoms. The van der Waals surface area contributed by atoms with Crippen molar-refractivity contribution in [3.8, 4) is 11.5 Å². The average Bonchev–Trinajstić information content (AvgIpc) is 2.81. The number of benzene rings is 2. The van der Waals surface area contributed by atoms with Crippen molar-refractivity contribution in [1.29, 1.82) is 0 Å². The summed E-state index contributed by atoms with van der Waals surface area (Å²) in [6, 6.07) is 8.70. The summed E-state index contributed by atoms with van der Waals surface area (Å²) >= 11 is 0. The molecular formula is C33H52O2. The molecule has 2 heteroatoms. The molecular weight excluding hydrogens is 428 g/mol. The molecule has 0 fully saturated rings. The van der Waals surface area contributed by atoms with Gasteiger partial charge < -0.3 is 10.2 Å². The highest BCUT2D eigenvalue weighted by molar-refractivity contribution is 5.53. The number of rotatable bonds is 14. The second-order valence-corrected chi connectivity index (χ2v) is 11.9. The van der Waals surface area contributed by atoms with E-state index in [9.17, 15) is 10.2 Å². The van der Waals surface area contributed by atoms with Gasteiger partial charge in [0.25, 0.3) is 0 Å². The molecule has 0 amide bonds. The van der Waals surface area contributed by atoms with Gasteiger partial charge in [0.2, 0.25) is 0 Å². The number of hydrogen-bond acceptors (Lipinski definition) is 2. The zero-order valence-electron chi connectivity index (χ0n) is 24.0. The molecule has 0 aromatic heterocycles. The Morgan fingerprint density at radius 1 is 0.571 bits per heavy atom. The zero-order chi connectivity index (χ0) is 26.2. The summed E-state index contributed by atoms with van der Waals surface area (Å²) in [6.45, 7) is 17.8. The molecule has 0 heterocycles. The number of aromatic hydroxyl groups is 2. The zero-order valence-corrected chi connectivity index (χ0v) is 24.0. The molecule has 0 bridgehead atoms. The Kier molecular flexibility index (Phi) is 10.7. The van der Waals surface area contributed by atoms with Crippen molar-refractivity contribution in [2.75, 3.05) is 0 Å². The number of aryl methyl sites for hydroxylation is 2. The van der Waals surface area contributed by atoms with Crippen molar-refractivity contribution in [3.63, 3.8) is 0 Å². The fraction of sp³-hybridized carbons (Fsp3) is 0.636. The highest BCUT2D eigenvalue weighted by Crippen LogP contribution is 2.42. The van der Waals surface area contributed by atoms with E-state index in [1.165, 1.54) is 49.7 Å². The summed E-state index contributed by atoms with van der Waals surface area (Å²) in [5.41, 5.74) is 6.30. The Balaban J connectivity index is 2.52. The maximum atomic E-state index is 11.5. The first-order chi connectivity index (χ1) is 16.5. The summed E-state index contributed by atoms with van der Waals surface area (Å²) in [7, 11) is 0. The Morgan fingerprint density at radius 3 is 1.26 bits per heavy atom. The van der Waals surface area contributed by atoms with E-state index >= 15 is 0 Å². The monoisotopic (exact) mass is 480 g/mol. The average molecular weight is 481 g/mol. The molecule has 2 rings (SSSR count). The van der Waals surface area contributed by atoms with Crippen molar-refractivity contribution >= 4 is 0 Å². The summed E-state index contributed by atoms with van der Waals surface area (Å²) in [4.78, 5) is 0. The van der Waals surface area contributed by atoms with Crippen LogP contribution in [0.2, 0.25) is 0 Å². The Labute approximate surface area is 216 Å². The van der Waals surface area contributed by atoms with Gasteiger partial charge in [0.1, 0.15) is 11.5 Å². The van der Waals surface area contributed by atoms with Gasteiger partial charge in [-0.25, -0.2) is 0 Å². The third-order valence-corrected chi connectivity index (χ3v) is 7.96. The highest BCUT2D eigenvalue weighted by atomic mass is 16.3. The van der Waals surface area contributed by atoms with Gasteiger partial charge in [-0.2, -0.15) is 0 Å². The van der Waals surface area contributed by atoms with E-state index in [1.807, 2.05) is 0 Å². The summed E-state index contributed by atoms with van der Waals surface area (Å²) in [6.07, 6.45) is 11.7. The third-order valence-electron chi connectivity index (χ3n) is 7.96. The lowest BCUT2D eigenvalue weighted by atomic mass is 9.76. The van der Waals surface area contributed by atoms with Crippen LogP contribution in [0.3, 0.4) is 0 Å². The summed E-state index contributed by atoms with van der Waals surface area (Å²) < 4.78 is 0. The summed E-state index contributed by atoms with van der Waals surface area (Å²) in [5, 5.41) is 22.9. The fourth-order valence-electron chi connectivity index (χ4n) is 5.34. The second kappa shape index (κ2) is 12.8. The van der Waals surface area contributed by atoms with Crippen LogP contribution >= 0.6 is 0 Å². The van der Waals surface area contributed by atoms with E-state index in [4.69, 9.17) is 0 Å². The first-order valence-corrected chi connectivity index (χ1v) is 14.2. The molecule has 0 radical (unpaired) electrons. The molecule has 2 N–H and O–H groups in total. The minimum absolute atomic E-state index is 0.0844. The lowest BCUT2D eigenvalue weighted by Crippen LogP contribution is -2.19. The first-order valence-electron chi connectivity index (χ1n) is 14.2. The number of phenolic OH excluding ortho intramolecular Hbond substituents is 2. The van der Waals surface area contributed by atoms with Crippen molar-refractivity contribution in [1.82, 2.24) is 0 Å². The van der Waals surface area contributed by atoms with Crippen molar-refractivity contribution in [2.24, 2.45) is 0 Å². The lowest BCUT2D eigenvalue weighted by molar-refractivity contribution is 0.401. The van der Waals surface area contributed by atoms with Gasteiger partial charge in [-0.3, -0.25) is 0 Å². The van der Waals surface area contributed by atoms with Gasteiger partial charge in [0, 0.05) is 17.5 Å². The Hall–Kier alpha value is -1.96. The molecule has 0 saturated heterocycles. The quantitative estimate of drug-likeness (QED) is 0.264. The predicted molar refractivity (Wildman–Crippen MR) is 152 cm³/mol. The minimum atomic E-state index is -0.0844. The normalized spacial score (nSPS) is 12.3. The van der Waals surface area contributed by atoms with E-state index in [1.54, 1.807) is 0 Å². The fourth-order valence-corrected chi connectivity index (χ4v) is 5.34. The Bertz CT molecular complexity index is 875. The molecule has 196 valence electrons. The molecule has 2 aromatic carbocycles. The molecule has 35 heavy (non-hydrogen) atoms. The van der Waals surface area contributed by atoms with Gasteiger partial charge in [-0.15, -0.1) is 0 Å². The minimum Gasteiger partial charge on any atom is -0.507 e. The van der Waals surface area contributed by atoms with E-state index < -0.39 is 0 Å². The molecule has 0 aliphatic heterocycles. The smallest absolute Gasteiger partial charge is 0.122 e. The summed E-state index contributed by atoms with van der Waals surface area (Å²) in [5.74, 6) is 0.822. The van der Waals surface area contributed by atoms with Crippen LogP contribution in [-0.4, -0.2) is 10.2 Å².